The van der Waals surface area contributed by atoms with Crippen LogP contribution in [0.15, 0.2) is 66.9 Å². The Balaban J connectivity index is 2.38. The summed E-state index contributed by atoms with van der Waals surface area (Å²) in [6.07, 6.45) is 5.41. The Kier molecular flexibility index (Phi) is 5.72. The van der Waals surface area contributed by atoms with Crippen molar-refractivity contribution >= 4 is 11.7 Å². The lowest BCUT2D eigenvalue weighted by Gasteiger charge is -2.24. The van der Waals surface area contributed by atoms with Crippen molar-refractivity contribution in [2.75, 3.05) is 12.4 Å². The molecule has 1 N–H and O–H groups in total. The lowest BCUT2D eigenvalue weighted by Crippen LogP contribution is -2.28. The number of ether oxygens (including phenoxy) is 1. The molecule has 1 aromatic heterocycles. The van der Waals surface area contributed by atoms with Gasteiger partial charge in [0, 0.05) is 11.9 Å². The number of anilines is 1. The molecule has 0 unspecified atom stereocenters. The van der Waals surface area contributed by atoms with E-state index in [1.54, 1.807) is 6.20 Å². The van der Waals surface area contributed by atoms with Crippen LogP contribution in [0, 0.1) is 5.92 Å². The highest BCUT2D eigenvalue weighted by Crippen LogP contribution is 2.27. The van der Waals surface area contributed by atoms with Gasteiger partial charge in [0.25, 0.3) is 0 Å². The number of methoxy groups -OCH3 is 1. The van der Waals surface area contributed by atoms with E-state index in [0.717, 1.165) is 11.4 Å². The minimum atomic E-state index is -0.454. The second-order valence-corrected chi connectivity index (χ2v) is 4.82. The molecule has 2 atom stereocenters. The third kappa shape index (κ3) is 3.95. The summed E-state index contributed by atoms with van der Waals surface area (Å²) in [6.45, 7) is 1.88. The fourth-order valence-corrected chi connectivity index (χ4v) is 2.29. The molecule has 0 saturated heterocycles. The Labute approximate surface area is 130 Å². The SMILES string of the molecule is C/C=C/[C@@H](C(=O)OC)[C@H](Nc1ccccc1)c1ccccn1. The molecule has 2 rings (SSSR count). The van der Waals surface area contributed by atoms with Crippen LogP contribution in [0.25, 0.3) is 0 Å². The number of aromatic nitrogens is 1. The van der Waals surface area contributed by atoms with Crippen LogP contribution in [-0.4, -0.2) is 18.1 Å². The van der Waals surface area contributed by atoms with Gasteiger partial charge in [-0.15, -0.1) is 0 Å². The number of nitrogens with one attached hydrogen (secondary N) is 1. The fourth-order valence-electron chi connectivity index (χ4n) is 2.29. The van der Waals surface area contributed by atoms with Crippen LogP contribution in [0.3, 0.4) is 0 Å². The van der Waals surface area contributed by atoms with Crippen LogP contribution in [0.4, 0.5) is 5.69 Å². The first-order valence-electron chi connectivity index (χ1n) is 7.19. The minimum absolute atomic E-state index is 0.294. The van der Waals surface area contributed by atoms with Crippen LogP contribution in [0.2, 0.25) is 0 Å². The maximum atomic E-state index is 12.2. The minimum Gasteiger partial charge on any atom is -0.468 e. The monoisotopic (exact) mass is 296 g/mol. The van der Waals surface area contributed by atoms with Gasteiger partial charge in [0.15, 0.2) is 0 Å². The molecule has 0 amide bonds. The van der Waals surface area contributed by atoms with E-state index < -0.39 is 5.92 Å². The molecule has 0 fully saturated rings. The maximum Gasteiger partial charge on any atom is 0.315 e. The van der Waals surface area contributed by atoms with Crippen LogP contribution in [0.5, 0.6) is 0 Å². The summed E-state index contributed by atoms with van der Waals surface area (Å²) in [6, 6.07) is 15.1. The van der Waals surface area contributed by atoms with E-state index in [1.807, 2.05) is 67.6 Å². The molecule has 0 aliphatic heterocycles. The van der Waals surface area contributed by atoms with E-state index in [-0.39, 0.29) is 12.0 Å². The summed E-state index contributed by atoms with van der Waals surface area (Å²) in [5.41, 5.74) is 1.72. The van der Waals surface area contributed by atoms with Gasteiger partial charge in [-0.05, 0) is 31.2 Å². The molecule has 0 aliphatic rings. The molecule has 4 nitrogen and oxygen atoms in total. The molecule has 1 aromatic carbocycles. The Morgan fingerprint density at radius 2 is 1.91 bits per heavy atom. The topological polar surface area (TPSA) is 51.2 Å². The molecular formula is C18H20N2O2. The molecule has 0 saturated carbocycles. The highest BCUT2D eigenvalue weighted by Gasteiger charge is 2.29. The molecule has 0 aliphatic carbocycles. The third-order valence-electron chi connectivity index (χ3n) is 3.33. The summed E-state index contributed by atoms with van der Waals surface area (Å²) in [5, 5.41) is 3.38. The van der Waals surface area contributed by atoms with Crippen molar-refractivity contribution in [3.05, 3.63) is 72.6 Å². The van der Waals surface area contributed by atoms with E-state index >= 15 is 0 Å². The van der Waals surface area contributed by atoms with E-state index in [2.05, 4.69) is 10.3 Å². The van der Waals surface area contributed by atoms with Crippen LogP contribution >= 0.6 is 0 Å². The summed E-state index contributed by atoms with van der Waals surface area (Å²) >= 11 is 0. The Morgan fingerprint density at radius 3 is 2.50 bits per heavy atom. The van der Waals surface area contributed by atoms with Crippen molar-refractivity contribution in [1.82, 2.24) is 4.98 Å². The van der Waals surface area contributed by atoms with Crippen molar-refractivity contribution in [3.63, 3.8) is 0 Å². The summed E-state index contributed by atoms with van der Waals surface area (Å²) in [7, 11) is 1.40. The zero-order valence-corrected chi connectivity index (χ0v) is 12.8. The molecule has 22 heavy (non-hydrogen) atoms. The fraction of sp³-hybridized carbons (Fsp3) is 0.222. The van der Waals surface area contributed by atoms with Crippen molar-refractivity contribution in [2.45, 2.75) is 13.0 Å². The van der Waals surface area contributed by atoms with E-state index in [0.29, 0.717) is 0 Å². The molecule has 0 bridgehead atoms. The second kappa shape index (κ2) is 7.98. The molecule has 2 aromatic rings. The number of allylic oxidation sites excluding steroid dienone is 1. The van der Waals surface area contributed by atoms with Gasteiger partial charge in [0.2, 0.25) is 0 Å². The van der Waals surface area contributed by atoms with Crippen molar-refractivity contribution < 1.29 is 9.53 Å². The second-order valence-electron chi connectivity index (χ2n) is 4.82. The molecule has 114 valence electrons. The Hall–Kier alpha value is -2.62. The predicted molar refractivity (Wildman–Crippen MR) is 87.4 cm³/mol. The number of carbonyl (C=O) groups excluding carboxylic acids is 1. The zero-order chi connectivity index (χ0) is 15.8. The van der Waals surface area contributed by atoms with Crippen LogP contribution < -0.4 is 5.32 Å². The van der Waals surface area contributed by atoms with Crippen molar-refractivity contribution in [3.8, 4) is 0 Å². The van der Waals surface area contributed by atoms with Crippen LogP contribution in [-0.2, 0) is 9.53 Å². The number of para-hydroxylation sites is 1. The molecule has 0 radical (unpaired) electrons. The number of carbonyl (C=O) groups is 1. The summed E-state index contributed by atoms with van der Waals surface area (Å²) in [4.78, 5) is 16.6. The summed E-state index contributed by atoms with van der Waals surface area (Å²) < 4.78 is 4.95. The number of esters is 1. The normalized spacial score (nSPS) is 13.5. The van der Waals surface area contributed by atoms with Gasteiger partial charge < -0.3 is 10.1 Å². The summed E-state index contributed by atoms with van der Waals surface area (Å²) in [5.74, 6) is -0.748. The van der Waals surface area contributed by atoms with Gasteiger partial charge in [-0.3, -0.25) is 9.78 Å². The number of rotatable bonds is 6. The number of benzene rings is 1. The third-order valence-corrected chi connectivity index (χ3v) is 3.33. The quantitative estimate of drug-likeness (QED) is 0.653. The zero-order valence-electron chi connectivity index (χ0n) is 12.8. The first kappa shape index (κ1) is 15.8. The molecule has 0 spiro atoms. The average Bonchev–Trinajstić information content (AvgIpc) is 2.59. The maximum absolute atomic E-state index is 12.2. The van der Waals surface area contributed by atoms with Gasteiger partial charge in [0.05, 0.1) is 18.8 Å². The van der Waals surface area contributed by atoms with Gasteiger partial charge in [-0.2, -0.15) is 0 Å². The number of pyridine rings is 1. The van der Waals surface area contributed by atoms with Gasteiger partial charge in [-0.25, -0.2) is 0 Å². The van der Waals surface area contributed by atoms with Gasteiger partial charge >= 0.3 is 5.97 Å². The molecule has 1 heterocycles. The first-order chi connectivity index (χ1) is 10.8. The average molecular weight is 296 g/mol. The largest absolute Gasteiger partial charge is 0.468 e. The van der Waals surface area contributed by atoms with E-state index in [9.17, 15) is 4.79 Å². The van der Waals surface area contributed by atoms with Crippen molar-refractivity contribution in [1.29, 1.82) is 0 Å². The predicted octanol–water partition coefficient (Wildman–Crippen LogP) is 3.60. The van der Waals surface area contributed by atoms with E-state index in [4.69, 9.17) is 4.74 Å². The van der Waals surface area contributed by atoms with Gasteiger partial charge in [-0.1, -0.05) is 36.4 Å². The number of nitrogens with zero attached hydrogens (tertiary/aromatic N) is 1. The Bertz CT molecular complexity index is 611. The first-order valence-corrected chi connectivity index (χ1v) is 7.19. The van der Waals surface area contributed by atoms with E-state index in [1.165, 1.54) is 7.11 Å². The van der Waals surface area contributed by atoms with Crippen LogP contribution in [0.1, 0.15) is 18.7 Å². The Morgan fingerprint density at radius 1 is 1.18 bits per heavy atom. The highest BCUT2D eigenvalue weighted by atomic mass is 16.5. The number of hydrogen-bond donors (Lipinski definition) is 1. The lowest BCUT2D eigenvalue weighted by atomic mass is 9.95. The number of hydrogen-bond acceptors (Lipinski definition) is 4. The smallest absolute Gasteiger partial charge is 0.315 e. The standard InChI is InChI=1S/C18H20N2O2/c1-3-9-15(18(21)22-2)17(16-12-7-8-13-19-16)20-14-10-5-4-6-11-14/h3-13,15,17,20H,1-2H3/b9-3+/t15-,17+/m1/s1. The lowest BCUT2D eigenvalue weighted by molar-refractivity contribution is -0.144. The highest BCUT2D eigenvalue weighted by molar-refractivity contribution is 5.76. The van der Waals surface area contributed by atoms with Crippen molar-refractivity contribution in [2.24, 2.45) is 5.92 Å². The molecule has 4 heteroatoms. The molecular weight excluding hydrogens is 276 g/mol. The van der Waals surface area contributed by atoms with Gasteiger partial charge in [0.1, 0.15) is 5.92 Å².